The molecule has 106 valence electrons. The molecule has 6 nitrogen and oxygen atoms in total. The van der Waals surface area contributed by atoms with Gasteiger partial charge in [0.1, 0.15) is 5.69 Å². The van der Waals surface area contributed by atoms with E-state index in [9.17, 15) is 9.59 Å². The highest BCUT2D eigenvalue weighted by atomic mass is 79.9. The van der Waals surface area contributed by atoms with Crippen LogP contribution in [0.4, 0.5) is 0 Å². The summed E-state index contributed by atoms with van der Waals surface area (Å²) in [6.07, 6.45) is 1.12. The first kappa shape index (κ1) is 15.7. The van der Waals surface area contributed by atoms with E-state index in [2.05, 4.69) is 21.2 Å². The second-order valence-electron chi connectivity index (χ2n) is 4.04. The lowest BCUT2D eigenvalue weighted by molar-refractivity contribution is -0.140. The van der Waals surface area contributed by atoms with Gasteiger partial charge in [0.05, 0.1) is 12.5 Å². The molecule has 1 amide bonds. The van der Waals surface area contributed by atoms with Crippen molar-refractivity contribution >= 4 is 27.8 Å². The molecule has 1 unspecified atom stereocenters. The number of nitrogens with one attached hydrogen (secondary N) is 1. The van der Waals surface area contributed by atoms with Gasteiger partial charge >= 0.3 is 5.97 Å². The number of ether oxygens (including phenoxy) is 1. The van der Waals surface area contributed by atoms with Crippen LogP contribution in [0, 0.1) is 0 Å². The average molecular weight is 333 g/mol. The number of carboxylic acid groups (broad SMARTS) is 1. The van der Waals surface area contributed by atoms with Gasteiger partial charge in [-0.1, -0.05) is 0 Å². The van der Waals surface area contributed by atoms with Crippen LogP contribution in [0.1, 0.15) is 23.8 Å². The number of hydrogen-bond acceptors (Lipinski definition) is 3. The molecule has 0 saturated heterocycles. The molecule has 0 fully saturated rings. The maximum atomic E-state index is 11.9. The summed E-state index contributed by atoms with van der Waals surface area (Å²) in [5.74, 6) is -1.21. The number of amides is 1. The Kier molecular flexibility index (Phi) is 6.04. The Morgan fingerprint density at radius 3 is 2.74 bits per heavy atom. The molecule has 1 rings (SSSR count). The average Bonchev–Trinajstić information content (AvgIpc) is 2.64. The van der Waals surface area contributed by atoms with E-state index >= 15 is 0 Å². The third-order valence-electron chi connectivity index (χ3n) is 2.50. The minimum atomic E-state index is -0.950. The summed E-state index contributed by atoms with van der Waals surface area (Å²) >= 11 is 3.29. The summed E-state index contributed by atoms with van der Waals surface area (Å²) in [6.45, 7) is 2.36. The zero-order valence-electron chi connectivity index (χ0n) is 10.9. The number of aryl methyl sites for hydroxylation is 1. The van der Waals surface area contributed by atoms with Crippen molar-refractivity contribution in [2.24, 2.45) is 7.05 Å². The normalized spacial score (nSPS) is 12.2. The molecule has 1 aromatic heterocycles. The van der Waals surface area contributed by atoms with Crippen LogP contribution in [-0.2, 0) is 16.6 Å². The van der Waals surface area contributed by atoms with Crippen molar-refractivity contribution in [2.75, 3.05) is 13.2 Å². The maximum absolute atomic E-state index is 11.9. The number of aromatic nitrogens is 1. The molecule has 0 saturated carbocycles. The topological polar surface area (TPSA) is 80.6 Å². The van der Waals surface area contributed by atoms with Crippen molar-refractivity contribution < 1.29 is 19.4 Å². The predicted molar refractivity (Wildman–Crippen MR) is 73.1 cm³/mol. The Morgan fingerprint density at radius 2 is 2.26 bits per heavy atom. The Labute approximate surface area is 119 Å². The number of carbonyl (C=O) groups excluding carboxylic acids is 1. The summed E-state index contributed by atoms with van der Waals surface area (Å²) in [6, 6.07) is 1.70. The van der Waals surface area contributed by atoms with Gasteiger partial charge in [0.2, 0.25) is 0 Å². The molecule has 2 N–H and O–H groups in total. The van der Waals surface area contributed by atoms with Crippen LogP contribution < -0.4 is 5.32 Å². The first-order valence-electron chi connectivity index (χ1n) is 5.87. The van der Waals surface area contributed by atoms with Gasteiger partial charge in [0, 0.05) is 30.9 Å². The number of rotatable bonds is 7. The highest BCUT2D eigenvalue weighted by Gasteiger charge is 2.16. The van der Waals surface area contributed by atoms with E-state index in [0.717, 1.165) is 4.47 Å². The van der Waals surface area contributed by atoms with E-state index < -0.39 is 12.1 Å². The molecule has 7 heteroatoms. The van der Waals surface area contributed by atoms with Crippen molar-refractivity contribution in [3.05, 3.63) is 22.4 Å². The minimum absolute atomic E-state index is 0.134. The van der Waals surface area contributed by atoms with Crippen molar-refractivity contribution in [3.8, 4) is 0 Å². The van der Waals surface area contributed by atoms with Crippen molar-refractivity contribution in [1.29, 1.82) is 0 Å². The molecule has 0 aromatic carbocycles. The monoisotopic (exact) mass is 332 g/mol. The third kappa shape index (κ3) is 5.04. The molecule has 0 spiro atoms. The van der Waals surface area contributed by atoms with Crippen LogP contribution in [0.2, 0.25) is 0 Å². The maximum Gasteiger partial charge on any atom is 0.306 e. The highest BCUT2D eigenvalue weighted by molar-refractivity contribution is 9.10. The van der Waals surface area contributed by atoms with Gasteiger partial charge in [0.15, 0.2) is 0 Å². The quantitative estimate of drug-likeness (QED) is 0.790. The smallest absolute Gasteiger partial charge is 0.306 e. The third-order valence-corrected chi connectivity index (χ3v) is 2.93. The number of carboxylic acids is 1. The van der Waals surface area contributed by atoms with Crippen molar-refractivity contribution in [2.45, 2.75) is 19.4 Å². The summed E-state index contributed by atoms with van der Waals surface area (Å²) in [4.78, 5) is 22.6. The van der Waals surface area contributed by atoms with Crippen LogP contribution in [-0.4, -0.2) is 40.8 Å². The molecular weight excluding hydrogens is 316 g/mol. The van der Waals surface area contributed by atoms with Crippen molar-refractivity contribution in [3.63, 3.8) is 0 Å². The van der Waals surface area contributed by atoms with Gasteiger partial charge in [-0.2, -0.15) is 0 Å². The van der Waals surface area contributed by atoms with Gasteiger partial charge in [-0.15, -0.1) is 0 Å². The van der Waals surface area contributed by atoms with Gasteiger partial charge in [-0.25, -0.2) is 0 Å². The molecule has 0 radical (unpaired) electrons. The SMILES string of the molecule is CCOC(CNC(=O)c1cc(Br)cn1C)CC(=O)O. The summed E-state index contributed by atoms with van der Waals surface area (Å²) in [7, 11) is 1.76. The molecular formula is C12H17BrN2O4. The number of aliphatic carboxylic acids is 1. The largest absolute Gasteiger partial charge is 0.481 e. The second kappa shape index (κ2) is 7.30. The Morgan fingerprint density at radius 1 is 1.58 bits per heavy atom. The van der Waals surface area contributed by atoms with E-state index in [1.807, 2.05) is 0 Å². The fourth-order valence-electron chi connectivity index (χ4n) is 1.67. The summed E-state index contributed by atoms with van der Waals surface area (Å²) < 4.78 is 7.76. The van der Waals surface area contributed by atoms with Gasteiger partial charge in [-0.05, 0) is 28.9 Å². The molecule has 0 aliphatic heterocycles. The molecule has 0 bridgehead atoms. The number of carbonyl (C=O) groups is 2. The lowest BCUT2D eigenvalue weighted by Gasteiger charge is -2.15. The Bertz CT molecular complexity index is 459. The van der Waals surface area contributed by atoms with Gasteiger partial charge in [0.25, 0.3) is 5.91 Å². The first-order chi connectivity index (χ1) is 8.93. The van der Waals surface area contributed by atoms with E-state index in [1.165, 1.54) is 0 Å². The van der Waals surface area contributed by atoms with Crippen LogP contribution >= 0.6 is 15.9 Å². The standard InChI is InChI=1S/C12H17BrN2O4/c1-3-19-9(5-11(16)17)6-14-12(18)10-4-8(13)7-15(10)2/h4,7,9H,3,5-6H2,1-2H3,(H,14,18)(H,16,17). The zero-order valence-corrected chi connectivity index (χ0v) is 12.4. The lowest BCUT2D eigenvalue weighted by atomic mass is 10.2. The Hall–Kier alpha value is -1.34. The Balaban J connectivity index is 2.56. The lowest BCUT2D eigenvalue weighted by Crippen LogP contribution is -2.35. The second-order valence-corrected chi connectivity index (χ2v) is 4.96. The van der Waals surface area contributed by atoms with Crippen molar-refractivity contribution in [1.82, 2.24) is 9.88 Å². The van der Waals surface area contributed by atoms with E-state index in [4.69, 9.17) is 9.84 Å². The predicted octanol–water partition coefficient (Wildman–Crippen LogP) is 1.40. The highest BCUT2D eigenvalue weighted by Crippen LogP contribution is 2.13. The van der Waals surface area contributed by atoms with Crippen LogP contribution in [0.15, 0.2) is 16.7 Å². The van der Waals surface area contributed by atoms with E-state index in [-0.39, 0.29) is 18.9 Å². The molecule has 1 heterocycles. The first-order valence-corrected chi connectivity index (χ1v) is 6.66. The van der Waals surface area contributed by atoms with Crippen LogP contribution in [0.5, 0.6) is 0 Å². The minimum Gasteiger partial charge on any atom is -0.481 e. The van der Waals surface area contributed by atoms with Crippen LogP contribution in [0.25, 0.3) is 0 Å². The van der Waals surface area contributed by atoms with Crippen LogP contribution in [0.3, 0.4) is 0 Å². The molecule has 0 aliphatic rings. The number of halogens is 1. The van der Waals surface area contributed by atoms with E-state index in [0.29, 0.717) is 12.3 Å². The molecule has 1 aromatic rings. The van der Waals surface area contributed by atoms with Gasteiger partial charge < -0.3 is 19.7 Å². The molecule has 1 atom stereocenters. The number of nitrogens with zero attached hydrogens (tertiary/aromatic N) is 1. The zero-order chi connectivity index (χ0) is 14.4. The fourth-order valence-corrected chi connectivity index (χ4v) is 2.19. The fraction of sp³-hybridized carbons (Fsp3) is 0.500. The summed E-state index contributed by atoms with van der Waals surface area (Å²) in [5, 5.41) is 11.4. The molecule has 0 aliphatic carbocycles. The number of hydrogen-bond donors (Lipinski definition) is 2. The van der Waals surface area contributed by atoms with E-state index in [1.54, 1.807) is 30.8 Å². The van der Waals surface area contributed by atoms with Gasteiger partial charge in [-0.3, -0.25) is 9.59 Å². The molecule has 19 heavy (non-hydrogen) atoms. The summed E-state index contributed by atoms with van der Waals surface area (Å²) in [5.41, 5.74) is 0.498.